The minimum atomic E-state index is -0.659. The molecule has 0 aliphatic carbocycles. The largest absolute Gasteiger partial charge is 0.331 e. The van der Waals surface area contributed by atoms with E-state index >= 15 is 0 Å². The molecule has 9 heteroatoms. The van der Waals surface area contributed by atoms with Gasteiger partial charge in [0, 0.05) is 24.7 Å². The summed E-state index contributed by atoms with van der Waals surface area (Å²) in [5.74, 6) is -0.345. The molecule has 0 saturated heterocycles. The molecule has 7 nitrogen and oxygen atoms in total. The Morgan fingerprint density at radius 1 is 1.31 bits per heavy atom. The van der Waals surface area contributed by atoms with Crippen LogP contribution in [0, 0.1) is 5.92 Å². The monoisotopic (exact) mass is 395 g/mol. The second-order valence-electron chi connectivity index (χ2n) is 6.12. The summed E-state index contributed by atoms with van der Waals surface area (Å²) in [7, 11) is 3.26. The fraction of sp³-hybridized carbons (Fsp3) is 0.412. The van der Waals surface area contributed by atoms with Crippen LogP contribution >= 0.6 is 22.9 Å². The van der Waals surface area contributed by atoms with Crippen LogP contribution in [0.3, 0.4) is 0 Å². The molecule has 0 aliphatic heterocycles. The van der Waals surface area contributed by atoms with Crippen molar-refractivity contribution in [2.24, 2.45) is 5.92 Å². The molecule has 0 aliphatic rings. The van der Waals surface area contributed by atoms with Gasteiger partial charge < -0.3 is 10.2 Å². The second-order valence-corrected chi connectivity index (χ2v) is 7.53. The van der Waals surface area contributed by atoms with Crippen LogP contribution in [0.25, 0.3) is 10.6 Å². The number of carbonyl (C=O) groups is 2. The molecule has 3 amide bonds. The molecule has 26 heavy (non-hydrogen) atoms. The van der Waals surface area contributed by atoms with E-state index < -0.39 is 6.04 Å². The van der Waals surface area contributed by atoms with E-state index in [0.29, 0.717) is 15.2 Å². The summed E-state index contributed by atoms with van der Waals surface area (Å²) in [5.41, 5.74) is 0.829. The van der Waals surface area contributed by atoms with Gasteiger partial charge in [-0.1, -0.05) is 55.3 Å². The van der Waals surface area contributed by atoms with Gasteiger partial charge in [0.25, 0.3) is 0 Å². The van der Waals surface area contributed by atoms with Crippen molar-refractivity contribution in [1.82, 2.24) is 20.4 Å². The predicted molar refractivity (Wildman–Crippen MR) is 104 cm³/mol. The highest BCUT2D eigenvalue weighted by Crippen LogP contribution is 2.28. The molecular weight excluding hydrogens is 374 g/mol. The lowest BCUT2D eigenvalue weighted by molar-refractivity contribution is -0.119. The van der Waals surface area contributed by atoms with E-state index in [-0.39, 0.29) is 17.9 Å². The molecule has 1 heterocycles. The van der Waals surface area contributed by atoms with Gasteiger partial charge in [-0.2, -0.15) is 0 Å². The number of anilines is 1. The molecule has 2 atom stereocenters. The Kier molecular flexibility index (Phi) is 6.93. The first-order valence-corrected chi connectivity index (χ1v) is 9.39. The summed E-state index contributed by atoms with van der Waals surface area (Å²) in [6.45, 7) is 3.88. The van der Waals surface area contributed by atoms with Crippen LogP contribution in [-0.2, 0) is 4.79 Å². The van der Waals surface area contributed by atoms with Crippen LogP contribution in [0.4, 0.5) is 9.93 Å². The van der Waals surface area contributed by atoms with Gasteiger partial charge in [-0.25, -0.2) is 4.79 Å². The Morgan fingerprint density at radius 3 is 2.65 bits per heavy atom. The Balaban J connectivity index is 2.12. The van der Waals surface area contributed by atoms with Crippen molar-refractivity contribution in [3.05, 3.63) is 29.3 Å². The first-order valence-electron chi connectivity index (χ1n) is 8.20. The molecule has 2 aromatic rings. The van der Waals surface area contributed by atoms with Gasteiger partial charge in [-0.3, -0.25) is 10.1 Å². The summed E-state index contributed by atoms with van der Waals surface area (Å²) in [6.07, 6.45) is 0.746. The number of hydrogen-bond acceptors (Lipinski definition) is 5. The molecule has 0 fully saturated rings. The molecule has 0 bridgehead atoms. The number of nitrogens with zero attached hydrogens (tertiary/aromatic N) is 3. The average molecular weight is 396 g/mol. The quantitative estimate of drug-likeness (QED) is 0.783. The van der Waals surface area contributed by atoms with Crippen LogP contribution in [0.1, 0.15) is 20.3 Å². The van der Waals surface area contributed by atoms with E-state index in [1.54, 1.807) is 26.2 Å². The molecule has 1 aromatic carbocycles. The molecule has 0 spiro atoms. The number of rotatable bonds is 6. The SMILES string of the molecule is CC[C@H](C)[C@@H](NC(=O)N(C)C)C(=O)Nc1nnc(-c2cccc(Cl)c2)s1. The molecule has 2 N–H and O–H groups in total. The maximum Gasteiger partial charge on any atom is 0.317 e. The highest BCUT2D eigenvalue weighted by Gasteiger charge is 2.27. The standard InChI is InChI=1S/C17H22ClN5O2S/c1-5-10(2)13(19-17(25)23(3)4)14(24)20-16-22-21-15(26-16)11-7-6-8-12(18)9-11/h6-10,13H,5H2,1-4H3,(H,19,25)(H,20,22,24)/t10-,13+/m0/s1. The van der Waals surface area contributed by atoms with E-state index in [2.05, 4.69) is 20.8 Å². The maximum atomic E-state index is 12.6. The molecular formula is C17H22ClN5O2S. The van der Waals surface area contributed by atoms with Crippen molar-refractivity contribution in [1.29, 1.82) is 0 Å². The van der Waals surface area contributed by atoms with Crippen molar-refractivity contribution in [3.63, 3.8) is 0 Å². The lowest BCUT2D eigenvalue weighted by Gasteiger charge is -2.24. The van der Waals surface area contributed by atoms with Crippen molar-refractivity contribution < 1.29 is 9.59 Å². The second kappa shape index (κ2) is 8.95. The van der Waals surface area contributed by atoms with Crippen LogP contribution in [0.15, 0.2) is 24.3 Å². The zero-order chi connectivity index (χ0) is 19.3. The zero-order valence-corrected chi connectivity index (χ0v) is 16.7. The molecule has 1 aromatic heterocycles. The minimum Gasteiger partial charge on any atom is -0.331 e. The number of halogens is 1. The number of carbonyl (C=O) groups excluding carboxylic acids is 2. The Morgan fingerprint density at radius 2 is 2.04 bits per heavy atom. The van der Waals surface area contributed by atoms with Crippen LogP contribution < -0.4 is 10.6 Å². The third-order valence-electron chi connectivity index (χ3n) is 3.91. The number of benzene rings is 1. The van der Waals surface area contributed by atoms with Crippen LogP contribution in [0.2, 0.25) is 5.02 Å². The first kappa shape index (κ1) is 20.1. The Bertz CT molecular complexity index is 780. The normalized spacial score (nSPS) is 13.0. The van der Waals surface area contributed by atoms with Crippen molar-refractivity contribution in [2.75, 3.05) is 19.4 Å². The van der Waals surface area contributed by atoms with E-state index in [9.17, 15) is 9.59 Å². The Hall–Kier alpha value is -2.19. The van der Waals surface area contributed by atoms with Crippen LogP contribution in [0.5, 0.6) is 0 Å². The minimum absolute atomic E-state index is 0.0285. The van der Waals surface area contributed by atoms with Crippen molar-refractivity contribution in [2.45, 2.75) is 26.3 Å². The van der Waals surface area contributed by atoms with Crippen molar-refractivity contribution in [3.8, 4) is 10.6 Å². The van der Waals surface area contributed by atoms with Gasteiger partial charge in [-0.15, -0.1) is 10.2 Å². The average Bonchev–Trinajstić information content (AvgIpc) is 3.07. The first-order chi connectivity index (χ1) is 12.3. The lowest BCUT2D eigenvalue weighted by Crippen LogP contribution is -2.50. The van der Waals surface area contributed by atoms with Crippen molar-refractivity contribution >= 4 is 40.0 Å². The Labute approximate surface area is 161 Å². The number of nitrogens with one attached hydrogen (secondary N) is 2. The van der Waals surface area contributed by atoms with Gasteiger partial charge in [0.05, 0.1) is 0 Å². The van der Waals surface area contributed by atoms with Gasteiger partial charge in [0.2, 0.25) is 11.0 Å². The molecule has 0 radical (unpaired) electrons. The number of amides is 3. The smallest absolute Gasteiger partial charge is 0.317 e. The molecule has 140 valence electrons. The summed E-state index contributed by atoms with van der Waals surface area (Å²) in [6, 6.07) is 6.28. The summed E-state index contributed by atoms with van der Waals surface area (Å²) < 4.78 is 0. The maximum absolute atomic E-state index is 12.6. The van der Waals surface area contributed by atoms with Gasteiger partial charge in [0.15, 0.2) is 0 Å². The zero-order valence-electron chi connectivity index (χ0n) is 15.1. The molecule has 0 saturated carbocycles. The van der Waals surface area contributed by atoms with Gasteiger partial charge >= 0.3 is 6.03 Å². The fourth-order valence-corrected chi connectivity index (χ4v) is 3.09. The third-order valence-corrected chi connectivity index (χ3v) is 5.03. The number of urea groups is 1. The lowest BCUT2D eigenvalue weighted by atomic mass is 9.98. The van der Waals surface area contributed by atoms with E-state index in [1.807, 2.05) is 26.0 Å². The third kappa shape index (κ3) is 5.15. The summed E-state index contributed by atoms with van der Waals surface area (Å²) in [4.78, 5) is 26.0. The highest BCUT2D eigenvalue weighted by molar-refractivity contribution is 7.18. The van der Waals surface area contributed by atoms with E-state index in [1.165, 1.54) is 16.2 Å². The highest BCUT2D eigenvalue weighted by atomic mass is 35.5. The van der Waals surface area contributed by atoms with Gasteiger partial charge in [-0.05, 0) is 18.1 Å². The molecule has 2 rings (SSSR count). The number of hydrogen-bond donors (Lipinski definition) is 2. The topological polar surface area (TPSA) is 87.2 Å². The summed E-state index contributed by atoms with van der Waals surface area (Å²) >= 11 is 7.24. The van der Waals surface area contributed by atoms with Crippen LogP contribution in [-0.4, -0.2) is 47.2 Å². The molecule has 0 unspecified atom stereocenters. The fourth-order valence-electron chi connectivity index (χ4n) is 2.16. The van der Waals surface area contributed by atoms with E-state index in [4.69, 9.17) is 11.6 Å². The number of aromatic nitrogens is 2. The van der Waals surface area contributed by atoms with E-state index in [0.717, 1.165) is 12.0 Å². The van der Waals surface area contributed by atoms with Gasteiger partial charge in [0.1, 0.15) is 11.0 Å². The predicted octanol–water partition coefficient (Wildman–Crippen LogP) is 3.48. The summed E-state index contributed by atoms with van der Waals surface area (Å²) in [5, 5.41) is 15.2.